The van der Waals surface area contributed by atoms with Gasteiger partial charge in [-0.15, -0.1) is 0 Å². The first-order valence-corrected chi connectivity index (χ1v) is 9.02. The van der Waals surface area contributed by atoms with Crippen molar-refractivity contribution in [2.24, 2.45) is 0 Å². The summed E-state index contributed by atoms with van der Waals surface area (Å²) in [6.45, 7) is 6.18. The van der Waals surface area contributed by atoms with Crippen molar-refractivity contribution in [3.63, 3.8) is 0 Å². The maximum absolute atomic E-state index is 12.2. The van der Waals surface area contributed by atoms with Crippen molar-refractivity contribution < 1.29 is 8.42 Å². The first-order valence-electron chi connectivity index (χ1n) is 7.54. The van der Waals surface area contributed by atoms with Crippen molar-refractivity contribution in [1.82, 2.24) is 14.6 Å². The Labute approximate surface area is 127 Å². The Bertz CT molecular complexity index is 542. The Morgan fingerprint density at radius 3 is 2.76 bits per heavy atom. The van der Waals surface area contributed by atoms with Gasteiger partial charge in [0.25, 0.3) is 0 Å². The summed E-state index contributed by atoms with van der Waals surface area (Å²) in [6.07, 6.45) is 4.91. The Balaban J connectivity index is 1.91. The minimum atomic E-state index is -3.46. The number of hydrogen-bond donors (Lipinski definition) is 2. The van der Waals surface area contributed by atoms with Crippen LogP contribution in [0.5, 0.6) is 0 Å². The summed E-state index contributed by atoms with van der Waals surface area (Å²) in [5, 5.41) is 3.10. The molecule has 6 nitrogen and oxygen atoms in total. The van der Waals surface area contributed by atoms with Crippen molar-refractivity contribution >= 4 is 15.8 Å². The largest absolute Gasteiger partial charge is 0.370 e. The SMILES string of the molecule is CCCNc1cc(S(=O)(=O)NCCN2CCCC2)ccn1. The Morgan fingerprint density at radius 2 is 2.05 bits per heavy atom. The zero-order valence-electron chi connectivity index (χ0n) is 12.5. The lowest BCUT2D eigenvalue weighted by Crippen LogP contribution is -2.33. The first-order chi connectivity index (χ1) is 10.1. The van der Waals surface area contributed by atoms with Crippen LogP contribution in [0.2, 0.25) is 0 Å². The standard InChI is InChI=1S/C14H24N4O2S/c1-2-6-15-14-12-13(5-7-16-14)21(19,20)17-8-11-18-9-3-4-10-18/h5,7,12,17H,2-4,6,8-11H2,1H3,(H,15,16). The summed E-state index contributed by atoms with van der Waals surface area (Å²) in [4.78, 5) is 6.66. The molecule has 0 spiro atoms. The number of likely N-dealkylation sites (tertiary alicyclic amines) is 1. The van der Waals surface area contributed by atoms with Crippen LogP contribution < -0.4 is 10.0 Å². The summed E-state index contributed by atoms with van der Waals surface area (Å²) in [5.41, 5.74) is 0. The lowest BCUT2D eigenvalue weighted by atomic mass is 10.4. The molecule has 0 saturated carbocycles. The third-order valence-corrected chi connectivity index (χ3v) is 4.98. The van der Waals surface area contributed by atoms with E-state index in [4.69, 9.17) is 0 Å². The van der Waals surface area contributed by atoms with Crippen LogP contribution in [0.3, 0.4) is 0 Å². The van der Waals surface area contributed by atoms with Gasteiger partial charge in [0.2, 0.25) is 10.0 Å². The van der Waals surface area contributed by atoms with Gasteiger partial charge >= 0.3 is 0 Å². The van der Waals surface area contributed by atoms with Crippen LogP contribution in [0.25, 0.3) is 0 Å². The van der Waals surface area contributed by atoms with E-state index in [-0.39, 0.29) is 4.90 Å². The zero-order valence-corrected chi connectivity index (χ0v) is 13.3. The number of aromatic nitrogens is 1. The van der Waals surface area contributed by atoms with Gasteiger partial charge in [-0.1, -0.05) is 6.92 Å². The van der Waals surface area contributed by atoms with Crippen LogP contribution >= 0.6 is 0 Å². The molecule has 7 heteroatoms. The highest BCUT2D eigenvalue weighted by molar-refractivity contribution is 7.89. The van der Waals surface area contributed by atoms with Gasteiger partial charge in [-0.3, -0.25) is 0 Å². The van der Waals surface area contributed by atoms with Crippen molar-refractivity contribution in [3.8, 4) is 0 Å². The Kier molecular flexibility index (Phi) is 5.96. The molecule has 1 fully saturated rings. The van der Waals surface area contributed by atoms with Gasteiger partial charge in [-0.25, -0.2) is 18.1 Å². The fraction of sp³-hybridized carbons (Fsp3) is 0.643. The molecule has 0 amide bonds. The minimum Gasteiger partial charge on any atom is -0.370 e. The average Bonchev–Trinajstić information content (AvgIpc) is 2.98. The molecule has 1 aliphatic heterocycles. The molecular weight excluding hydrogens is 288 g/mol. The molecule has 0 aromatic carbocycles. The molecule has 21 heavy (non-hydrogen) atoms. The smallest absolute Gasteiger partial charge is 0.240 e. The molecule has 2 rings (SSSR count). The average molecular weight is 312 g/mol. The molecule has 1 aliphatic rings. The molecular formula is C14H24N4O2S. The summed E-state index contributed by atoms with van der Waals surface area (Å²) in [6, 6.07) is 3.10. The van der Waals surface area contributed by atoms with Crippen LogP contribution in [-0.4, -0.2) is 51.0 Å². The van der Waals surface area contributed by atoms with Crippen LogP contribution in [-0.2, 0) is 10.0 Å². The quantitative estimate of drug-likeness (QED) is 0.756. The van der Waals surface area contributed by atoms with Crippen molar-refractivity contribution in [3.05, 3.63) is 18.3 Å². The molecule has 0 radical (unpaired) electrons. The van der Waals surface area contributed by atoms with Crippen molar-refractivity contribution in [2.45, 2.75) is 31.1 Å². The van der Waals surface area contributed by atoms with E-state index in [0.29, 0.717) is 12.4 Å². The zero-order chi connectivity index (χ0) is 15.1. The van der Waals surface area contributed by atoms with Gasteiger partial charge in [-0.05, 0) is 38.4 Å². The van der Waals surface area contributed by atoms with Crippen molar-refractivity contribution in [1.29, 1.82) is 0 Å². The second-order valence-corrected chi connectivity index (χ2v) is 7.02. The fourth-order valence-corrected chi connectivity index (χ4v) is 3.39. The fourth-order valence-electron chi connectivity index (χ4n) is 2.36. The van der Waals surface area contributed by atoms with E-state index in [1.54, 1.807) is 6.07 Å². The van der Waals surface area contributed by atoms with E-state index >= 15 is 0 Å². The predicted molar refractivity (Wildman–Crippen MR) is 83.9 cm³/mol. The molecule has 2 N–H and O–H groups in total. The minimum absolute atomic E-state index is 0.262. The lowest BCUT2D eigenvalue weighted by molar-refractivity contribution is 0.344. The first kappa shape index (κ1) is 16.2. The van der Waals surface area contributed by atoms with Gasteiger partial charge in [0.15, 0.2) is 0 Å². The van der Waals surface area contributed by atoms with E-state index < -0.39 is 10.0 Å². The van der Waals surface area contributed by atoms with Gasteiger partial charge in [-0.2, -0.15) is 0 Å². The highest BCUT2D eigenvalue weighted by atomic mass is 32.2. The molecule has 2 heterocycles. The summed E-state index contributed by atoms with van der Waals surface area (Å²) >= 11 is 0. The third kappa shape index (κ3) is 4.94. The van der Waals surface area contributed by atoms with Crippen LogP contribution in [0.1, 0.15) is 26.2 Å². The Morgan fingerprint density at radius 1 is 1.29 bits per heavy atom. The van der Waals surface area contributed by atoms with E-state index in [1.165, 1.54) is 25.1 Å². The maximum atomic E-state index is 12.2. The second-order valence-electron chi connectivity index (χ2n) is 5.25. The van der Waals surface area contributed by atoms with Gasteiger partial charge < -0.3 is 10.2 Å². The normalized spacial score (nSPS) is 16.2. The lowest BCUT2D eigenvalue weighted by Gasteiger charge is -2.15. The predicted octanol–water partition coefficient (Wildman–Crippen LogP) is 1.28. The van der Waals surface area contributed by atoms with Crippen LogP contribution in [0, 0.1) is 0 Å². The summed E-state index contributed by atoms with van der Waals surface area (Å²) in [5.74, 6) is 0.597. The van der Waals surface area contributed by atoms with Crippen molar-refractivity contribution in [2.75, 3.05) is 38.0 Å². The number of hydrogen-bond acceptors (Lipinski definition) is 5. The molecule has 0 atom stereocenters. The molecule has 1 aromatic heterocycles. The number of sulfonamides is 1. The van der Waals surface area contributed by atoms with Crippen LogP contribution in [0.15, 0.2) is 23.2 Å². The van der Waals surface area contributed by atoms with Crippen LogP contribution in [0.4, 0.5) is 5.82 Å². The molecule has 1 aromatic rings. The molecule has 1 saturated heterocycles. The monoisotopic (exact) mass is 312 g/mol. The summed E-state index contributed by atoms with van der Waals surface area (Å²) < 4.78 is 27.2. The number of nitrogens with one attached hydrogen (secondary N) is 2. The Hall–Kier alpha value is -1.18. The number of anilines is 1. The molecule has 118 valence electrons. The van der Waals surface area contributed by atoms with E-state index in [0.717, 1.165) is 32.6 Å². The number of rotatable bonds is 8. The van der Waals surface area contributed by atoms with E-state index in [1.807, 2.05) is 6.92 Å². The molecule has 0 aliphatic carbocycles. The highest BCUT2D eigenvalue weighted by Gasteiger charge is 2.16. The van der Waals surface area contributed by atoms with Gasteiger partial charge in [0.1, 0.15) is 5.82 Å². The number of pyridine rings is 1. The topological polar surface area (TPSA) is 74.3 Å². The molecule has 0 unspecified atom stereocenters. The van der Waals surface area contributed by atoms with Gasteiger partial charge in [0.05, 0.1) is 4.90 Å². The van der Waals surface area contributed by atoms with E-state index in [9.17, 15) is 8.42 Å². The van der Waals surface area contributed by atoms with E-state index in [2.05, 4.69) is 19.9 Å². The summed E-state index contributed by atoms with van der Waals surface area (Å²) in [7, 11) is -3.46. The maximum Gasteiger partial charge on any atom is 0.240 e. The third-order valence-electron chi connectivity index (χ3n) is 3.52. The second kappa shape index (κ2) is 7.72. The molecule has 0 bridgehead atoms. The van der Waals surface area contributed by atoms with Gasteiger partial charge in [0, 0.05) is 31.9 Å². The number of nitrogens with zero attached hydrogens (tertiary/aromatic N) is 2. The highest BCUT2D eigenvalue weighted by Crippen LogP contribution is 2.12.